The fourth-order valence-corrected chi connectivity index (χ4v) is 9.00. The van der Waals surface area contributed by atoms with Crippen LogP contribution in [0.4, 0.5) is 5.69 Å². The third kappa shape index (κ3) is 3.94. The molecule has 38 heavy (non-hydrogen) atoms. The van der Waals surface area contributed by atoms with Crippen molar-refractivity contribution in [2.45, 2.75) is 63.1 Å². The molecule has 6 atom stereocenters. The number of nitrogens with zero attached hydrogens (tertiary/aromatic N) is 3. The Labute approximate surface area is 229 Å². The minimum atomic E-state index is -0.883. The lowest BCUT2D eigenvalue weighted by Crippen LogP contribution is -2.58. The predicted molar refractivity (Wildman–Crippen MR) is 151 cm³/mol. The van der Waals surface area contributed by atoms with E-state index in [9.17, 15) is 19.5 Å². The number of benzene rings is 1. The second-order valence-corrected chi connectivity index (χ2v) is 12.9. The third-order valence-electron chi connectivity index (χ3n) is 8.70. The van der Waals surface area contributed by atoms with E-state index in [1.165, 1.54) is 0 Å². The van der Waals surface area contributed by atoms with Gasteiger partial charge >= 0.3 is 0 Å². The van der Waals surface area contributed by atoms with E-state index < -0.39 is 28.7 Å². The summed E-state index contributed by atoms with van der Waals surface area (Å²) in [4.78, 5) is 48.4. The Hall–Kier alpha value is -2.58. The molecule has 0 radical (unpaired) electrons. The number of para-hydroxylation sites is 1. The van der Waals surface area contributed by atoms with E-state index in [1.54, 1.807) is 21.6 Å². The van der Waals surface area contributed by atoms with Crippen molar-refractivity contribution in [3.05, 3.63) is 53.6 Å². The lowest BCUT2D eigenvalue weighted by molar-refractivity contribution is -0.145. The quantitative estimate of drug-likeness (QED) is 0.563. The van der Waals surface area contributed by atoms with Crippen molar-refractivity contribution in [1.82, 2.24) is 9.80 Å². The zero-order valence-corrected chi connectivity index (χ0v) is 23.8. The van der Waals surface area contributed by atoms with Crippen LogP contribution in [0.5, 0.6) is 0 Å². The van der Waals surface area contributed by atoms with Crippen LogP contribution in [0.15, 0.2) is 42.5 Å². The monoisotopic (exact) mass is 537 g/mol. The molecule has 8 heteroatoms. The maximum Gasteiger partial charge on any atom is 0.251 e. The fraction of sp³-hybridized carbons (Fsp3) is 0.567. The Morgan fingerprint density at radius 2 is 1.76 bits per heavy atom. The van der Waals surface area contributed by atoms with E-state index in [-0.39, 0.29) is 35.5 Å². The number of carbonyl (C=O) groups is 3. The molecule has 1 aromatic rings. The second kappa shape index (κ2) is 10.2. The number of hydrogen-bond donors (Lipinski definition) is 1. The van der Waals surface area contributed by atoms with Gasteiger partial charge in [0.15, 0.2) is 0 Å². The van der Waals surface area contributed by atoms with Crippen LogP contribution in [0, 0.1) is 31.6 Å². The summed E-state index contributed by atoms with van der Waals surface area (Å²) >= 11 is 1.59. The fourth-order valence-electron chi connectivity index (χ4n) is 7.01. The number of rotatable bonds is 6. The molecule has 1 aromatic carbocycles. The van der Waals surface area contributed by atoms with E-state index in [4.69, 9.17) is 0 Å². The Balaban J connectivity index is 1.67. The van der Waals surface area contributed by atoms with Crippen LogP contribution < -0.4 is 4.90 Å². The molecule has 0 bridgehead atoms. The summed E-state index contributed by atoms with van der Waals surface area (Å²) in [6, 6.07) is 4.65. The molecule has 2 saturated heterocycles. The van der Waals surface area contributed by atoms with Crippen molar-refractivity contribution in [1.29, 1.82) is 0 Å². The molecule has 3 amide bonds. The van der Waals surface area contributed by atoms with Gasteiger partial charge in [-0.25, -0.2) is 0 Å². The number of hydrogen-bond acceptors (Lipinski definition) is 5. The molecular formula is C30H39N3O4S. The van der Waals surface area contributed by atoms with E-state index in [1.807, 2.05) is 75.9 Å². The van der Waals surface area contributed by atoms with E-state index in [0.717, 1.165) is 23.2 Å². The molecule has 7 nitrogen and oxygen atoms in total. The van der Waals surface area contributed by atoms with Crippen molar-refractivity contribution < 1.29 is 19.5 Å². The SMILES string of the molecule is CCCN1CC=C[C@H]2S[C@]34C=CCN(c5c(C)cccc5C)C(=O)C3N([C@@H](CO)C(C)C)C(=O)[C@@H]4[C@H]2C1=O. The number of aryl methyl sites for hydroxylation is 2. The van der Waals surface area contributed by atoms with Crippen LogP contribution in [0.2, 0.25) is 0 Å². The van der Waals surface area contributed by atoms with Crippen LogP contribution in [0.1, 0.15) is 38.3 Å². The van der Waals surface area contributed by atoms with Crippen molar-refractivity contribution in [3.8, 4) is 0 Å². The zero-order valence-electron chi connectivity index (χ0n) is 23.0. The van der Waals surface area contributed by atoms with Gasteiger partial charge in [-0.15, -0.1) is 11.8 Å². The molecule has 5 rings (SSSR count). The number of thioether (sulfide) groups is 1. The maximum absolute atomic E-state index is 14.7. The van der Waals surface area contributed by atoms with Gasteiger partial charge in [0.2, 0.25) is 11.8 Å². The van der Waals surface area contributed by atoms with Gasteiger partial charge < -0.3 is 19.8 Å². The summed E-state index contributed by atoms with van der Waals surface area (Å²) in [5.74, 6) is -1.61. The van der Waals surface area contributed by atoms with Crippen molar-refractivity contribution in [2.24, 2.45) is 17.8 Å². The Bertz CT molecular complexity index is 1180. The highest BCUT2D eigenvalue weighted by Crippen LogP contribution is 2.61. The van der Waals surface area contributed by atoms with Crippen LogP contribution in [0.25, 0.3) is 0 Å². The van der Waals surface area contributed by atoms with Gasteiger partial charge in [0.1, 0.15) is 6.04 Å². The molecule has 1 N–H and O–H groups in total. The predicted octanol–water partition coefficient (Wildman–Crippen LogP) is 3.33. The molecule has 204 valence electrons. The summed E-state index contributed by atoms with van der Waals surface area (Å²) in [5.41, 5.74) is 2.85. The molecule has 4 heterocycles. The van der Waals surface area contributed by atoms with E-state index in [2.05, 4.69) is 6.08 Å². The van der Waals surface area contributed by atoms with Gasteiger partial charge in [-0.1, -0.05) is 63.3 Å². The van der Waals surface area contributed by atoms with Crippen LogP contribution in [-0.2, 0) is 14.4 Å². The molecular weight excluding hydrogens is 498 g/mol. The van der Waals surface area contributed by atoms with Crippen molar-refractivity contribution >= 4 is 35.2 Å². The average molecular weight is 538 g/mol. The first-order valence-corrected chi connectivity index (χ1v) is 14.7. The Morgan fingerprint density at radius 1 is 1.05 bits per heavy atom. The molecule has 1 unspecified atom stereocenters. The van der Waals surface area contributed by atoms with Crippen LogP contribution >= 0.6 is 11.8 Å². The van der Waals surface area contributed by atoms with E-state index in [0.29, 0.717) is 19.6 Å². The number of aliphatic hydroxyl groups excluding tert-OH is 1. The van der Waals surface area contributed by atoms with Gasteiger partial charge in [0.05, 0.1) is 29.2 Å². The first kappa shape index (κ1) is 27.0. The molecule has 0 saturated carbocycles. The minimum Gasteiger partial charge on any atom is -0.394 e. The highest BCUT2D eigenvalue weighted by atomic mass is 32.2. The summed E-state index contributed by atoms with van der Waals surface area (Å²) < 4.78 is -0.883. The molecule has 0 aliphatic carbocycles. The topological polar surface area (TPSA) is 81.2 Å². The van der Waals surface area contributed by atoms with Gasteiger partial charge in [0, 0.05) is 30.6 Å². The highest BCUT2D eigenvalue weighted by molar-refractivity contribution is 8.02. The lowest BCUT2D eigenvalue weighted by atomic mass is 9.78. The normalized spacial score (nSPS) is 31.4. The first-order chi connectivity index (χ1) is 18.2. The molecule has 1 spiro atoms. The number of anilines is 1. The molecule has 4 aliphatic heterocycles. The van der Waals surface area contributed by atoms with Gasteiger partial charge in [-0.2, -0.15) is 0 Å². The van der Waals surface area contributed by atoms with Crippen LogP contribution in [0.3, 0.4) is 0 Å². The second-order valence-electron chi connectivity index (χ2n) is 11.4. The van der Waals surface area contributed by atoms with Gasteiger partial charge in [-0.3, -0.25) is 14.4 Å². The number of likely N-dealkylation sites (tertiary alicyclic amines) is 1. The average Bonchev–Trinajstić information content (AvgIpc) is 3.19. The summed E-state index contributed by atoms with van der Waals surface area (Å²) in [6.07, 6.45) is 9.00. The van der Waals surface area contributed by atoms with Gasteiger partial charge in [-0.05, 0) is 37.3 Å². The van der Waals surface area contributed by atoms with E-state index >= 15 is 0 Å². The summed E-state index contributed by atoms with van der Waals surface area (Å²) in [6.45, 7) is 11.3. The zero-order chi connectivity index (χ0) is 27.4. The molecule has 4 aliphatic rings. The maximum atomic E-state index is 14.7. The largest absolute Gasteiger partial charge is 0.394 e. The third-order valence-corrected chi connectivity index (χ3v) is 10.4. The number of aliphatic hydroxyl groups is 1. The highest BCUT2D eigenvalue weighted by Gasteiger charge is 2.72. The Kier molecular flexibility index (Phi) is 7.24. The minimum absolute atomic E-state index is 0.00743. The number of carbonyl (C=O) groups excluding carboxylic acids is 3. The smallest absolute Gasteiger partial charge is 0.251 e. The summed E-state index contributed by atoms with van der Waals surface area (Å²) in [7, 11) is 0. The molecule has 0 aromatic heterocycles. The summed E-state index contributed by atoms with van der Waals surface area (Å²) in [5, 5.41) is 10.3. The number of fused-ring (bicyclic) bond motifs is 2. The van der Waals surface area contributed by atoms with Crippen molar-refractivity contribution in [2.75, 3.05) is 31.1 Å². The lowest BCUT2D eigenvalue weighted by Gasteiger charge is -2.40. The molecule has 2 fully saturated rings. The first-order valence-electron chi connectivity index (χ1n) is 13.8. The van der Waals surface area contributed by atoms with Gasteiger partial charge in [0.25, 0.3) is 5.91 Å². The standard InChI is InChI=1S/C30H39N3O4S/c1-6-14-31-15-8-12-22-23(27(31)35)24-28(36)33(21(17-34)18(2)3)26-29(37)32(16-9-13-30(24,26)38-22)25-19(4)10-7-11-20(25)5/h7-13,18,21-24,26,34H,6,14-17H2,1-5H3/t21-,22+,23-,24-,26?,30-/m0/s1. The van der Waals surface area contributed by atoms with Crippen LogP contribution in [-0.4, -0.2) is 80.9 Å². The number of amides is 3. The van der Waals surface area contributed by atoms with Crippen molar-refractivity contribution in [3.63, 3.8) is 0 Å². The Morgan fingerprint density at radius 3 is 2.39 bits per heavy atom.